The summed E-state index contributed by atoms with van der Waals surface area (Å²) >= 11 is 1.36. The fraction of sp³-hybridized carbons (Fsp3) is 0.176. The molecule has 1 N–H and O–H groups in total. The summed E-state index contributed by atoms with van der Waals surface area (Å²) < 4.78 is 0. The predicted molar refractivity (Wildman–Crippen MR) is 103 cm³/mol. The van der Waals surface area contributed by atoms with Gasteiger partial charge >= 0.3 is 0 Å². The van der Waals surface area contributed by atoms with Crippen molar-refractivity contribution in [2.24, 2.45) is 5.10 Å². The highest BCUT2D eigenvalue weighted by Gasteiger charge is 2.07. The molecule has 0 aliphatic carbocycles. The maximum atomic E-state index is 11.8. The lowest BCUT2D eigenvalue weighted by molar-refractivity contribution is -0.385. The number of benzene rings is 2. The Hall–Kier alpha value is -3.27. The maximum absolute atomic E-state index is 11.8. The first kappa shape index (κ1) is 20.0. The monoisotopic (exact) mass is 388 g/mol. The smallest absolute Gasteiger partial charge is 0.269 e. The van der Waals surface area contributed by atoms with Crippen LogP contribution in [0.4, 0.5) is 11.4 Å². The number of thioether (sulfide) groups is 1. The summed E-state index contributed by atoms with van der Waals surface area (Å²) in [6, 6.07) is 12.0. The third-order valence-electron chi connectivity index (χ3n) is 3.49. The quantitative estimate of drug-likeness (QED) is 0.420. The zero-order chi connectivity index (χ0) is 19.8. The van der Waals surface area contributed by atoms with Crippen LogP contribution in [0.15, 0.2) is 53.6 Å². The van der Waals surface area contributed by atoms with Crippen molar-refractivity contribution >= 4 is 34.8 Å². The Morgan fingerprint density at radius 1 is 1.00 bits per heavy atom. The molecular weight excluding hydrogens is 372 g/mol. The molecule has 0 unspecified atom stereocenters. The van der Waals surface area contributed by atoms with E-state index in [4.69, 9.17) is 0 Å². The topological polar surface area (TPSA) is 128 Å². The lowest BCUT2D eigenvalue weighted by atomic mass is 10.1. The average Bonchev–Trinajstić information content (AvgIpc) is 2.66. The Bertz CT molecular complexity index is 866. The van der Waals surface area contributed by atoms with Crippen molar-refractivity contribution in [2.75, 3.05) is 5.75 Å². The van der Waals surface area contributed by atoms with E-state index >= 15 is 0 Å². The zero-order valence-corrected chi connectivity index (χ0v) is 15.1. The van der Waals surface area contributed by atoms with Gasteiger partial charge in [-0.1, -0.05) is 12.1 Å². The standard InChI is InChI=1S/C17H16N4O5S/c1-12(14-4-8-16(9-5-14)21(25)26)18-19-17(22)11-27-10-13-2-6-15(7-3-13)20(23)24/h2-9H,10-11H2,1H3,(H,19,22)/b18-12+. The number of nitrogens with one attached hydrogen (secondary N) is 1. The number of carbonyl (C=O) groups excluding carboxylic acids is 1. The predicted octanol–water partition coefficient (Wildman–Crippen LogP) is 3.28. The number of nitro benzene ring substituents is 2. The molecule has 2 aromatic rings. The minimum absolute atomic E-state index is 0.0155. The molecular formula is C17H16N4O5S. The van der Waals surface area contributed by atoms with Crippen molar-refractivity contribution in [3.8, 4) is 0 Å². The lowest BCUT2D eigenvalue weighted by Crippen LogP contribution is -2.21. The van der Waals surface area contributed by atoms with Gasteiger partial charge in [0.2, 0.25) is 5.91 Å². The summed E-state index contributed by atoms with van der Waals surface area (Å²) in [5, 5.41) is 25.2. The number of hydrogen-bond donors (Lipinski definition) is 1. The molecule has 2 rings (SSSR count). The second-order valence-corrected chi connectivity index (χ2v) is 6.44. The molecule has 0 spiro atoms. The first-order chi connectivity index (χ1) is 12.9. The van der Waals surface area contributed by atoms with Crippen LogP contribution < -0.4 is 5.43 Å². The van der Waals surface area contributed by atoms with E-state index in [-0.39, 0.29) is 23.0 Å². The van der Waals surface area contributed by atoms with Crippen LogP contribution in [0, 0.1) is 20.2 Å². The van der Waals surface area contributed by atoms with Gasteiger partial charge in [0.05, 0.1) is 21.3 Å². The van der Waals surface area contributed by atoms with Crippen LogP contribution in [0.5, 0.6) is 0 Å². The summed E-state index contributed by atoms with van der Waals surface area (Å²) in [5.74, 6) is 0.424. The van der Waals surface area contributed by atoms with E-state index in [1.54, 1.807) is 31.2 Å². The van der Waals surface area contributed by atoms with Crippen molar-refractivity contribution in [1.82, 2.24) is 5.43 Å². The van der Waals surface area contributed by atoms with E-state index in [0.717, 1.165) is 5.56 Å². The molecule has 140 valence electrons. The van der Waals surface area contributed by atoms with E-state index in [1.165, 1.54) is 36.0 Å². The number of rotatable bonds is 8. The zero-order valence-electron chi connectivity index (χ0n) is 14.3. The highest BCUT2D eigenvalue weighted by atomic mass is 32.2. The Morgan fingerprint density at radius 2 is 1.52 bits per heavy atom. The fourth-order valence-corrected chi connectivity index (χ4v) is 2.82. The Kier molecular flexibility index (Phi) is 7.00. The van der Waals surface area contributed by atoms with Crippen molar-refractivity contribution in [3.63, 3.8) is 0 Å². The Labute approximate surface area is 158 Å². The van der Waals surface area contributed by atoms with Crippen molar-refractivity contribution in [2.45, 2.75) is 12.7 Å². The summed E-state index contributed by atoms with van der Waals surface area (Å²) in [6.07, 6.45) is 0. The molecule has 1 amide bonds. The van der Waals surface area contributed by atoms with Crippen molar-refractivity contribution in [1.29, 1.82) is 0 Å². The number of carbonyl (C=O) groups is 1. The van der Waals surface area contributed by atoms with Crippen molar-refractivity contribution < 1.29 is 14.6 Å². The third kappa shape index (κ3) is 6.19. The second-order valence-electron chi connectivity index (χ2n) is 5.45. The minimum atomic E-state index is -0.486. The average molecular weight is 388 g/mol. The molecule has 0 aliphatic heterocycles. The van der Waals surface area contributed by atoms with Crippen molar-refractivity contribution in [3.05, 3.63) is 79.9 Å². The van der Waals surface area contributed by atoms with Gasteiger partial charge in [-0.2, -0.15) is 5.10 Å². The molecule has 0 aromatic heterocycles. The van der Waals surface area contributed by atoms with E-state index in [2.05, 4.69) is 10.5 Å². The van der Waals surface area contributed by atoms with Gasteiger partial charge in [-0.05, 0) is 30.2 Å². The summed E-state index contributed by atoms with van der Waals surface area (Å²) in [4.78, 5) is 32.1. The lowest BCUT2D eigenvalue weighted by Gasteiger charge is -2.04. The first-order valence-corrected chi connectivity index (χ1v) is 8.91. The van der Waals surface area contributed by atoms with Crippen LogP contribution in [0.1, 0.15) is 18.1 Å². The molecule has 0 fully saturated rings. The molecule has 10 heteroatoms. The van der Waals surface area contributed by atoms with Gasteiger partial charge in [-0.15, -0.1) is 11.8 Å². The molecule has 0 saturated heterocycles. The highest BCUT2D eigenvalue weighted by molar-refractivity contribution is 7.99. The number of hydrazone groups is 1. The van der Waals surface area contributed by atoms with E-state index < -0.39 is 9.85 Å². The third-order valence-corrected chi connectivity index (χ3v) is 4.50. The molecule has 9 nitrogen and oxygen atoms in total. The molecule has 0 aliphatic rings. The van der Waals surface area contributed by atoms with Gasteiger partial charge in [-0.25, -0.2) is 5.43 Å². The van der Waals surface area contributed by atoms with Crippen LogP contribution in [-0.4, -0.2) is 27.2 Å². The number of non-ortho nitro benzene ring substituents is 2. The normalized spacial score (nSPS) is 11.1. The summed E-state index contributed by atoms with van der Waals surface area (Å²) in [7, 11) is 0. The van der Waals surface area contributed by atoms with Gasteiger partial charge < -0.3 is 0 Å². The number of nitrogens with zero attached hydrogens (tertiary/aromatic N) is 3. The van der Waals surface area contributed by atoms with Crippen LogP contribution in [-0.2, 0) is 10.5 Å². The highest BCUT2D eigenvalue weighted by Crippen LogP contribution is 2.16. The van der Waals surface area contributed by atoms with Gasteiger partial charge in [0.15, 0.2) is 0 Å². The van der Waals surface area contributed by atoms with Crippen LogP contribution >= 0.6 is 11.8 Å². The molecule has 0 atom stereocenters. The van der Waals surface area contributed by atoms with E-state index in [1.807, 2.05) is 0 Å². The molecule has 0 radical (unpaired) electrons. The van der Waals surface area contributed by atoms with Gasteiger partial charge in [0.25, 0.3) is 11.4 Å². The Morgan fingerprint density at radius 3 is 2.04 bits per heavy atom. The molecule has 27 heavy (non-hydrogen) atoms. The first-order valence-electron chi connectivity index (χ1n) is 7.76. The van der Waals surface area contributed by atoms with Gasteiger partial charge in [0, 0.05) is 30.0 Å². The largest absolute Gasteiger partial charge is 0.272 e. The minimum Gasteiger partial charge on any atom is -0.272 e. The second kappa shape index (κ2) is 9.43. The maximum Gasteiger partial charge on any atom is 0.269 e. The summed E-state index contributed by atoms with van der Waals surface area (Å²) in [5.41, 5.74) is 4.51. The van der Waals surface area contributed by atoms with Crippen LogP contribution in [0.2, 0.25) is 0 Å². The SMILES string of the molecule is C/C(=N\NC(=O)CSCc1ccc([N+](=O)[O-])cc1)c1ccc([N+](=O)[O-])cc1. The molecule has 0 heterocycles. The molecule has 2 aromatic carbocycles. The van der Waals surface area contributed by atoms with Crippen LogP contribution in [0.25, 0.3) is 0 Å². The molecule has 0 bridgehead atoms. The van der Waals surface area contributed by atoms with Gasteiger partial charge in [-0.3, -0.25) is 25.0 Å². The summed E-state index contributed by atoms with van der Waals surface area (Å²) in [6.45, 7) is 1.69. The van der Waals surface area contributed by atoms with E-state index in [9.17, 15) is 25.0 Å². The molecule has 0 saturated carbocycles. The fourth-order valence-electron chi connectivity index (χ4n) is 2.04. The Balaban J connectivity index is 1.80. The number of hydrogen-bond acceptors (Lipinski definition) is 7. The number of amides is 1. The van der Waals surface area contributed by atoms with Gasteiger partial charge in [0.1, 0.15) is 0 Å². The van der Waals surface area contributed by atoms with E-state index in [0.29, 0.717) is 17.0 Å². The van der Waals surface area contributed by atoms with Crippen LogP contribution in [0.3, 0.4) is 0 Å². The number of nitro groups is 2.